The van der Waals surface area contributed by atoms with Gasteiger partial charge in [-0.2, -0.15) is 0 Å². The zero-order valence-electron chi connectivity index (χ0n) is 16.5. The molecule has 1 N–H and O–H groups in total. The van der Waals surface area contributed by atoms with Gasteiger partial charge in [-0.1, -0.05) is 36.4 Å². The van der Waals surface area contributed by atoms with Gasteiger partial charge in [0.05, 0.1) is 0 Å². The molecule has 3 rings (SSSR count). The minimum atomic E-state index is 0.121. The van der Waals surface area contributed by atoms with Gasteiger partial charge in [0.1, 0.15) is 0 Å². The Balaban J connectivity index is 1.96. The molecule has 4 nitrogen and oxygen atoms in total. The lowest BCUT2D eigenvalue weighted by Gasteiger charge is -2.21. The summed E-state index contributed by atoms with van der Waals surface area (Å²) in [4.78, 5) is 17.2. The molecule has 27 heavy (non-hydrogen) atoms. The third-order valence-electron chi connectivity index (χ3n) is 4.71. The van der Waals surface area contributed by atoms with Crippen molar-refractivity contribution in [2.75, 3.05) is 51.1 Å². The van der Waals surface area contributed by atoms with E-state index >= 15 is 0 Å². The molecule has 1 fully saturated rings. The topological polar surface area (TPSA) is 35.6 Å². The Kier molecular flexibility index (Phi) is 5.77. The lowest BCUT2D eigenvalue weighted by molar-refractivity contribution is -0.112. The molecule has 2 aromatic rings. The smallest absolute Gasteiger partial charge is 0.187 e. The quantitative estimate of drug-likeness (QED) is 0.846. The fourth-order valence-corrected chi connectivity index (χ4v) is 3.34. The van der Waals surface area contributed by atoms with Gasteiger partial charge in [-0.3, -0.25) is 4.79 Å². The molecule has 0 spiro atoms. The van der Waals surface area contributed by atoms with Crippen molar-refractivity contribution in [1.29, 1.82) is 0 Å². The van der Waals surface area contributed by atoms with Crippen LogP contribution in [-0.4, -0.2) is 47.1 Å². The molecule has 0 radical (unpaired) electrons. The fraction of sp³-hybridized carbons (Fsp3) is 0.261. The second kappa shape index (κ2) is 8.23. The second-order valence-corrected chi connectivity index (χ2v) is 7.18. The Morgan fingerprint density at radius 2 is 1.15 bits per heavy atom. The molecule has 0 bridgehead atoms. The normalized spacial score (nSPS) is 17.4. The van der Waals surface area contributed by atoms with E-state index in [9.17, 15) is 4.79 Å². The van der Waals surface area contributed by atoms with Crippen LogP contribution in [0.1, 0.15) is 11.1 Å². The van der Waals surface area contributed by atoms with E-state index in [0.29, 0.717) is 13.1 Å². The highest BCUT2D eigenvalue weighted by molar-refractivity contribution is 6.15. The van der Waals surface area contributed by atoms with Crippen molar-refractivity contribution in [2.24, 2.45) is 0 Å². The van der Waals surface area contributed by atoms with Gasteiger partial charge in [0.2, 0.25) is 0 Å². The van der Waals surface area contributed by atoms with Gasteiger partial charge in [0.15, 0.2) is 5.78 Å². The Hall–Kier alpha value is -2.85. The van der Waals surface area contributed by atoms with Crippen LogP contribution in [0, 0.1) is 0 Å². The summed E-state index contributed by atoms with van der Waals surface area (Å²) in [6.07, 6.45) is 4.02. The van der Waals surface area contributed by atoms with Gasteiger partial charge in [-0.15, -0.1) is 0 Å². The summed E-state index contributed by atoms with van der Waals surface area (Å²) < 4.78 is 0. The highest BCUT2D eigenvalue weighted by Gasteiger charge is 2.21. The van der Waals surface area contributed by atoms with Crippen molar-refractivity contribution >= 4 is 29.3 Å². The van der Waals surface area contributed by atoms with E-state index in [-0.39, 0.29) is 5.78 Å². The van der Waals surface area contributed by atoms with Crippen LogP contribution in [0.4, 0.5) is 11.4 Å². The van der Waals surface area contributed by atoms with Crippen molar-refractivity contribution < 1.29 is 4.79 Å². The van der Waals surface area contributed by atoms with E-state index in [1.165, 1.54) is 0 Å². The van der Waals surface area contributed by atoms with Crippen molar-refractivity contribution in [1.82, 2.24) is 5.32 Å². The molecule has 140 valence electrons. The van der Waals surface area contributed by atoms with Crippen LogP contribution in [-0.2, 0) is 4.79 Å². The Bertz CT molecular complexity index is 823. The van der Waals surface area contributed by atoms with Crippen molar-refractivity contribution in [3.63, 3.8) is 0 Å². The molecule has 0 saturated carbocycles. The molecule has 1 heterocycles. The van der Waals surface area contributed by atoms with Crippen molar-refractivity contribution in [2.45, 2.75) is 0 Å². The monoisotopic (exact) mass is 361 g/mol. The van der Waals surface area contributed by atoms with E-state index < -0.39 is 0 Å². The van der Waals surface area contributed by atoms with E-state index in [1.807, 2.05) is 64.6 Å². The molecule has 1 aliphatic heterocycles. The number of carbonyl (C=O) groups excluding carboxylic acids is 1. The zero-order chi connectivity index (χ0) is 19.4. The van der Waals surface area contributed by atoms with Crippen LogP contribution in [0.2, 0.25) is 0 Å². The number of hydrogen-bond donors (Lipinski definition) is 1. The number of piperidine rings is 1. The van der Waals surface area contributed by atoms with Crippen LogP contribution in [0.15, 0.2) is 59.7 Å². The predicted molar refractivity (Wildman–Crippen MR) is 115 cm³/mol. The summed E-state index contributed by atoms with van der Waals surface area (Å²) in [5.74, 6) is 0.121. The standard InChI is InChI=1S/C23H27N3O/c1-25(2)21-11-7-5-9-17(21)13-19-15-24-16-20(23(19)27)14-18-10-6-8-12-22(18)26(3)4/h5-14,24H,15-16H2,1-4H3/b19-13-,20-14+. The first-order valence-electron chi connectivity index (χ1n) is 9.16. The number of para-hydroxylation sites is 2. The number of ketones is 1. The number of nitrogens with one attached hydrogen (secondary N) is 1. The number of anilines is 2. The summed E-state index contributed by atoms with van der Waals surface area (Å²) in [6, 6.07) is 16.3. The highest BCUT2D eigenvalue weighted by Crippen LogP contribution is 2.25. The minimum absolute atomic E-state index is 0.121. The fourth-order valence-electron chi connectivity index (χ4n) is 3.34. The first kappa shape index (κ1) is 18.9. The molecular weight excluding hydrogens is 334 g/mol. The molecule has 0 aliphatic carbocycles. The van der Waals surface area contributed by atoms with Gasteiger partial charge in [-0.05, 0) is 35.4 Å². The SMILES string of the molecule is CN(C)c1ccccc1/C=C1/CNC/C(=C\c2ccccc2N(C)C)C1=O. The van der Waals surface area contributed by atoms with Crippen LogP contribution >= 0.6 is 0 Å². The van der Waals surface area contributed by atoms with Crippen molar-refractivity contribution in [3.8, 4) is 0 Å². The maximum absolute atomic E-state index is 13.1. The van der Waals surface area contributed by atoms with E-state index in [0.717, 1.165) is 33.6 Å². The maximum Gasteiger partial charge on any atom is 0.187 e. The first-order chi connectivity index (χ1) is 13.0. The third kappa shape index (κ3) is 4.29. The molecule has 2 aromatic carbocycles. The molecule has 0 atom stereocenters. The average Bonchev–Trinajstić information content (AvgIpc) is 2.65. The maximum atomic E-state index is 13.1. The lowest BCUT2D eigenvalue weighted by atomic mass is 9.95. The van der Waals surface area contributed by atoms with Gasteiger partial charge in [0, 0.05) is 63.8 Å². The van der Waals surface area contributed by atoms with Crippen LogP contribution in [0.3, 0.4) is 0 Å². The molecule has 0 aromatic heterocycles. The zero-order valence-corrected chi connectivity index (χ0v) is 16.5. The lowest BCUT2D eigenvalue weighted by Crippen LogP contribution is -2.32. The van der Waals surface area contributed by atoms with E-state index in [2.05, 4.69) is 39.4 Å². The molecule has 1 saturated heterocycles. The van der Waals surface area contributed by atoms with Crippen molar-refractivity contribution in [3.05, 3.63) is 70.8 Å². The molecule has 1 aliphatic rings. The third-order valence-corrected chi connectivity index (χ3v) is 4.71. The van der Waals surface area contributed by atoms with Crippen LogP contribution in [0.5, 0.6) is 0 Å². The number of rotatable bonds is 4. The van der Waals surface area contributed by atoms with E-state index in [4.69, 9.17) is 0 Å². The molecule has 0 amide bonds. The Labute approximate surface area is 161 Å². The summed E-state index contributed by atoms with van der Waals surface area (Å²) in [7, 11) is 8.06. The molecule has 4 heteroatoms. The van der Waals surface area contributed by atoms with Crippen LogP contribution < -0.4 is 15.1 Å². The summed E-state index contributed by atoms with van der Waals surface area (Å²) >= 11 is 0. The van der Waals surface area contributed by atoms with Gasteiger partial charge < -0.3 is 15.1 Å². The number of Topliss-reactive ketones (excluding diaryl/α,β-unsaturated/α-hetero) is 1. The second-order valence-electron chi connectivity index (χ2n) is 7.18. The first-order valence-corrected chi connectivity index (χ1v) is 9.16. The highest BCUT2D eigenvalue weighted by atomic mass is 16.1. The van der Waals surface area contributed by atoms with Gasteiger partial charge in [-0.25, -0.2) is 0 Å². The molecular formula is C23H27N3O. The summed E-state index contributed by atoms with van der Waals surface area (Å²) in [5.41, 5.74) is 5.91. The number of nitrogens with zero attached hydrogens (tertiary/aromatic N) is 2. The predicted octanol–water partition coefficient (Wildman–Crippen LogP) is 3.46. The largest absolute Gasteiger partial charge is 0.377 e. The van der Waals surface area contributed by atoms with Gasteiger partial charge in [0.25, 0.3) is 0 Å². The van der Waals surface area contributed by atoms with E-state index in [1.54, 1.807) is 0 Å². The van der Waals surface area contributed by atoms with Crippen LogP contribution in [0.25, 0.3) is 12.2 Å². The number of hydrogen-bond acceptors (Lipinski definition) is 4. The Morgan fingerprint density at radius 3 is 1.56 bits per heavy atom. The minimum Gasteiger partial charge on any atom is -0.377 e. The summed E-state index contributed by atoms with van der Waals surface area (Å²) in [5, 5.41) is 3.37. The molecule has 0 unspecified atom stereocenters. The average molecular weight is 361 g/mol. The van der Waals surface area contributed by atoms with Gasteiger partial charge >= 0.3 is 0 Å². The number of carbonyl (C=O) groups is 1. The Morgan fingerprint density at radius 1 is 0.741 bits per heavy atom. The summed E-state index contributed by atoms with van der Waals surface area (Å²) in [6.45, 7) is 1.18. The number of benzene rings is 2.